The van der Waals surface area contributed by atoms with Crippen LogP contribution in [0.1, 0.15) is 45.4 Å². The van der Waals surface area contributed by atoms with Crippen molar-refractivity contribution in [2.45, 2.75) is 51.6 Å². The average Bonchev–Trinajstić information content (AvgIpc) is 2.42. The summed E-state index contributed by atoms with van der Waals surface area (Å²) in [5.74, 6) is 10.2. The number of rotatable bonds is 8. The highest BCUT2D eigenvalue weighted by Gasteiger charge is 1.95. The summed E-state index contributed by atoms with van der Waals surface area (Å²) in [6.07, 6.45) is 9.77. The lowest BCUT2D eigenvalue weighted by Crippen LogP contribution is -1.94. The minimum atomic E-state index is -0.844. The molecule has 0 spiro atoms. The summed E-state index contributed by atoms with van der Waals surface area (Å²) in [7, 11) is 0. The number of ketones is 1. The summed E-state index contributed by atoms with van der Waals surface area (Å²) >= 11 is 0. The Morgan fingerprint density at radius 1 is 1.26 bits per heavy atom. The number of hydrogen-bond acceptors (Lipinski definition) is 2. The summed E-state index contributed by atoms with van der Waals surface area (Å²) in [6, 6.07) is 0. The van der Waals surface area contributed by atoms with Crippen LogP contribution in [0.15, 0.2) is 24.8 Å². The van der Waals surface area contributed by atoms with Gasteiger partial charge in [-0.15, -0.1) is 0 Å². The topological polar surface area (TPSA) is 37.3 Å². The van der Waals surface area contributed by atoms with Crippen molar-refractivity contribution >= 4 is 5.78 Å². The van der Waals surface area contributed by atoms with Crippen LogP contribution in [-0.4, -0.2) is 17.0 Å². The number of carbonyl (C=O) groups is 1. The van der Waals surface area contributed by atoms with Crippen LogP contribution in [0.2, 0.25) is 0 Å². The van der Waals surface area contributed by atoms with Crippen LogP contribution in [-0.2, 0) is 4.79 Å². The fourth-order valence-corrected chi connectivity index (χ4v) is 1.37. The molecule has 0 rings (SSSR count). The number of hydrogen-bond donors (Lipinski definition) is 1. The smallest absolute Gasteiger partial charge is 0.156 e. The molecular weight excluding hydrogens is 236 g/mol. The zero-order valence-corrected chi connectivity index (χ0v) is 11.6. The molecule has 0 aromatic rings. The van der Waals surface area contributed by atoms with Crippen LogP contribution in [0.3, 0.4) is 0 Å². The molecule has 2 nitrogen and oxygen atoms in total. The Balaban J connectivity index is 3.80. The van der Waals surface area contributed by atoms with Gasteiger partial charge in [-0.3, -0.25) is 4.79 Å². The lowest BCUT2D eigenvalue weighted by molar-refractivity contribution is -0.114. The van der Waals surface area contributed by atoms with Gasteiger partial charge in [0.2, 0.25) is 0 Å². The third-order valence-corrected chi connectivity index (χ3v) is 2.46. The van der Waals surface area contributed by atoms with E-state index in [1.165, 1.54) is 37.5 Å². The van der Waals surface area contributed by atoms with Crippen LogP contribution < -0.4 is 0 Å². The van der Waals surface area contributed by atoms with Crippen LogP contribution in [0.5, 0.6) is 0 Å². The van der Waals surface area contributed by atoms with Crippen LogP contribution in [0, 0.1) is 23.7 Å². The molecule has 2 heteroatoms. The maximum absolute atomic E-state index is 11.4. The fourth-order valence-electron chi connectivity index (χ4n) is 1.37. The van der Waals surface area contributed by atoms with Crippen molar-refractivity contribution < 1.29 is 9.90 Å². The molecule has 0 radical (unpaired) electrons. The molecule has 0 saturated heterocycles. The Labute approximate surface area is 116 Å². The minimum Gasteiger partial charge on any atom is -0.377 e. The maximum atomic E-state index is 11.4. The van der Waals surface area contributed by atoms with Crippen molar-refractivity contribution in [3.8, 4) is 23.7 Å². The highest BCUT2D eigenvalue weighted by atomic mass is 16.3. The number of unbranched alkanes of at least 4 members (excludes halogenated alkanes) is 4. The summed E-state index contributed by atoms with van der Waals surface area (Å²) in [5.41, 5.74) is 0. The number of allylic oxidation sites excluding steroid dienone is 2. The van der Waals surface area contributed by atoms with Gasteiger partial charge in [-0.2, -0.15) is 0 Å². The van der Waals surface area contributed by atoms with E-state index < -0.39 is 6.10 Å². The predicted molar refractivity (Wildman–Crippen MR) is 79.3 cm³/mol. The minimum absolute atomic E-state index is 0.102. The highest BCUT2D eigenvalue weighted by Crippen LogP contribution is 2.05. The number of aliphatic hydroxyl groups is 1. The molecule has 0 saturated carbocycles. The Bertz CT molecular complexity index is 410. The predicted octanol–water partition coefficient (Wildman–Crippen LogP) is 3.03. The monoisotopic (exact) mass is 258 g/mol. The second-order valence-electron chi connectivity index (χ2n) is 4.18. The molecule has 1 atom stereocenters. The Hall–Kier alpha value is -1.77. The van der Waals surface area contributed by atoms with Crippen LogP contribution in [0.25, 0.3) is 0 Å². The normalized spacial score (nSPS) is 11.1. The van der Waals surface area contributed by atoms with Crippen molar-refractivity contribution in [1.29, 1.82) is 0 Å². The van der Waals surface area contributed by atoms with Gasteiger partial charge in [0.05, 0.1) is 0 Å². The second kappa shape index (κ2) is 12.7. The zero-order chi connectivity index (χ0) is 14.3. The lowest BCUT2D eigenvalue weighted by atomic mass is 10.1. The fraction of sp³-hybridized carbons (Fsp3) is 0.471. The molecule has 0 aliphatic rings. The first-order chi connectivity index (χ1) is 9.20. The van der Waals surface area contributed by atoms with Crippen molar-refractivity contribution in [1.82, 2.24) is 0 Å². The first-order valence-corrected chi connectivity index (χ1v) is 6.71. The molecule has 0 aliphatic heterocycles. The molecule has 0 unspecified atom stereocenters. The molecular formula is C17H22O2. The van der Waals surface area contributed by atoms with Crippen molar-refractivity contribution in [3.63, 3.8) is 0 Å². The molecule has 0 heterocycles. The van der Waals surface area contributed by atoms with Gasteiger partial charge in [-0.1, -0.05) is 57.1 Å². The Kier molecular flexibility index (Phi) is 11.5. The first-order valence-electron chi connectivity index (χ1n) is 6.71. The molecule has 19 heavy (non-hydrogen) atoms. The third-order valence-electron chi connectivity index (χ3n) is 2.46. The molecule has 0 fully saturated rings. The molecule has 0 aliphatic carbocycles. The summed E-state index contributed by atoms with van der Waals surface area (Å²) in [6.45, 7) is 5.56. The molecule has 0 bridgehead atoms. The Morgan fingerprint density at radius 2 is 2.00 bits per heavy atom. The summed E-state index contributed by atoms with van der Waals surface area (Å²) in [5, 5.41) is 9.03. The third kappa shape index (κ3) is 12.5. The van der Waals surface area contributed by atoms with E-state index in [-0.39, 0.29) is 5.78 Å². The van der Waals surface area contributed by atoms with Gasteiger partial charge in [-0.25, -0.2) is 0 Å². The Morgan fingerprint density at radius 3 is 2.68 bits per heavy atom. The molecule has 0 aromatic carbocycles. The lowest BCUT2D eigenvalue weighted by Gasteiger charge is -1.96. The first kappa shape index (κ1) is 17.2. The van der Waals surface area contributed by atoms with Crippen LogP contribution in [0.4, 0.5) is 0 Å². The van der Waals surface area contributed by atoms with E-state index in [1.807, 2.05) is 0 Å². The van der Waals surface area contributed by atoms with E-state index in [1.54, 1.807) is 0 Å². The van der Waals surface area contributed by atoms with Gasteiger partial charge >= 0.3 is 0 Å². The van der Waals surface area contributed by atoms with Gasteiger partial charge in [0.25, 0.3) is 0 Å². The maximum Gasteiger partial charge on any atom is 0.156 e. The van der Waals surface area contributed by atoms with E-state index in [9.17, 15) is 4.79 Å². The van der Waals surface area contributed by atoms with Gasteiger partial charge in [0, 0.05) is 6.42 Å². The van der Waals surface area contributed by atoms with Crippen molar-refractivity contribution in [3.05, 3.63) is 24.8 Å². The summed E-state index contributed by atoms with van der Waals surface area (Å²) < 4.78 is 0. The number of aliphatic hydroxyl groups excluding tert-OH is 1. The van der Waals surface area contributed by atoms with Crippen molar-refractivity contribution in [2.24, 2.45) is 0 Å². The number of carbonyl (C=O) groups excluding carboxylic acids is 1. The highest BCUT2D eigenvalue weighted by molar-refractivity contribution is 5.90. The zero-order valence-electron chi connectivity index (χ0n) is 11.6. The SMILES string of the molecule is C=C[C@H](O)C#CC#CC=CC(=O)CCCCCCC. The van der Waals surface area contributed by atoms with Crippen LogP contribution >= 0.6 is 0 Å². The van der Waals surface area contributed by atoms with E-state index in [0.29, 0.717) is 6.42 Å². The van der Waals surface area contributed by atoms with E-state index in [0.717, 1.165) is 12.8 Å². The molecule has 0 amide bonds. The largest absolute Gasteiger partial charge is 0.377 e. The van der Waals surface area contributed by atoms with Gasteiger partial charge < -0.3 is 5.11 Å². The average molecular weight is 258 g/mol. The van der Waals surface area contributed by atoms with E-state index in [4.69, 9.17) is 5.11 Å². The molecule has 1 N–H and O–H groups in total. The second-order valence-corrected chi connectivity index (χ2v) is 4.18. The standard InChI is InChI=1S/C17H22O2/c1-3-5-6-7-11-14-17(19)15-12-9-8-10-13-16(18)4-2/h4,12,15-16,18H,2-3,5-7,11,14H2,1H3/t16-/m0/s1. The van der Waals surface area contributed by atoms with Gasteiger partial charge in [-0.05, 0) is 30.4 Å². The van der Waals surface area contributed by atoms with Gasteiger partial charge in [0.15, 0.2) is 5.78 Å². The molecule has 0 aromatic heterocycles. The summed E-state index contributed by atoms with van der Waals surface area (Å²) in [4.78, 5) is 11.4. The molecule has 102 valence electrons. The quantitative estimate of drug-likeness (QED) is 0.314. The van der Waals surface area contributed by atoms with Crippen molar-refractivity contribution in [2.75, 3.05) is 0 Å². The van der Waals surface area contributed by atoms with Gasteiger partial charge in [0.1, 0.15) is 6.10 Å². The van der Waals surface area contributed by atoms with E-state index in [2.05, 4.69) is 37.2 Å². The van der Waals surface area contributed by atoms with E-state index >= 15 is 0 Å².